The van der Waals surface area contributed by atoms with Gasteiger partial charge in [0.25, 0.3) is 0 Å². The smallest absolute Gasteiger partial charge is 0.418 e. The van der Waals surface area contributed by atoms with Crippen LogP contribution in [0, 0.1) is 0 Å². The Labute approximate surface area is 113 Å². The predicted octanol–water partition coefficient (Wildman–Crippen LogP) is 2.03. The number of nitrogens with zero attached hydrogens (tertiary/aromatic N) is 1. The number of hydrogen-bond acceptors (Lipinski definition) is 3. The van der Waals surface area contributed by atoms with Crippen molar-refractivity contribution in [2.45, 2.75) is 31.8 Å². The largest absolute Gasteiger partial charge is 0.478 e. The van der Waals surface area contributed by atoms with Crippen LogP contribution in [0.1, 0.15) is 29.8 Å². The average molecular weight is 313 g/mol. The summed E-state index contributed by atoms with van der Waals surface area (Å²) in [6.07, 6.45) is -3.39. The fourth-order valence-electron chi connectivity index (χ4n) is 1.50. The van der Waals surface area contributed by atoms with E-state index in [0.717, 1.165) is 10.8 Å². The lowest BCUT2D eigenvalue weighted by Gasteiger charge is -2.08. The van der Waals surface area contributed by atoms with Gasteiger partial charge < -0.3 is 9.67 Å². The Morgan fingerprint density at radius 3 is 2.25 bits per heavy atom. The van der Waals surface area contributed by atoms with Gasteiger partial charge >= 0.3 is 12.1 Å². The number of hydrogen-bond donors (Lipinski definition) is 1. The molecule has 1 rings (SSSR count). The minimum atomic E-state index is -4.80. The molecule has 20 heavy (non-hydrogen) atoms. The van der Waals surface area contributed by atoms with Crippen molar-refractivity contribution in [2.75, 3.05) is 5.75 Å². The number of aromatic carboxylic acids is 1. The van der Waals surface area contributed by atoms with Crippen molar-refractivity contribution >= 4 is 15.8 Å². The van der Waals surface area contributed by atoms with E-state index in [-0.39, 0.29) is 12.3 Å². The van der Waals surface area contributed by atoms with Gasteiger partial charge in [-0.3, -0.25) is 0 Å². The first-order valence-electron chi connectivity index (χ1n) is 5.67. The molecule has 5 nitrogen and oxygen atoms in total. The topological polar surface area (TPSA) is 76.4 Å². The lowest BCUT2D eigenvalue weighted by Crippen LogP contribution is -2.20. The van der Waals surface area contributed by atoms with Crippen LogP contribution in [-0.4, -0.2) is 35.1 Å². The number of halogens is 3. The molecule has 0 spiro atoms. The number of carbonyl (C=O) groups is 1. The maximum Gasteiger partial charge on any atom is 0.418 e. The molecule has 0 atom stereocenters. The zero-order valence-corrected chi connectivity index (χ0v) is 11.6. The van der Waals surface area contributed by atoms with Gasteiger partial charge in [-0.05, 0) is 13.8 Å². The Kier molecular flexibility index (Phi) is 4.52. The summed E-state index contributed by atoms with van der Waals surface area (Å²) in [7, 11) is -3.41. The first-order valence-corrected chi connectivity index (χ1v) is 7.38. The van der Waals surface area contributed by atoms with Crippen molar-refractivity contribution in [3.05, 3.63) is 23.5 Å². The number of aryl methyl sites for hydroxylation is 1. The summed E-state index contributed by atoms with van der Waals surface area (Å²) >= 11 is 0. The molecule has 1 aromatic heterocycles. The molecule has 1 aromatic rings. The van der Waals surface area contributed by atoms with E-state index in [1.807, 2.05) is 0 Å². The molecule has 1 N–H and O–H groups in total. The summed E-state index contributed by atoms with van der Waals surface area (Å²) < 4.78 is 62.0. The Bertz CT molecular complexity index is 602. The summed E-state index contributed by atoms with van der Waals surface area (Å²) in [5, 5.41) is 8.09. The zero-order valence-electron chi connectivity index (χ0n) is 10.8. The fourth-order valence-corrected chi connectivity index (χ4v) is 2.44. The maximum atomic E-state index is 12.6. The van der Waals surface area contributed by atoms with Crippen LogP contribution < -0.4 is 0 Å². The highest BCUT2D eigenvalue weighted by Crippen LogP contribution is 2.32. The lowest BCUT2D eigenvalue weighted by atomic mass is 10.2. The Balaban J connectivity index is 3.03. The van der Waals surface area contributed by atoms with E-state index in [4.69, 9.17) is 5.11 Å². The quantitative estimate of drug-likeness (QED) is 0.902. The predicted molar refractivity (Wildman–Crippen MR) is 65.3 cm³/mol. The molecule has 1 heterocycles. The molecule has 0 aromatic carbocycles. The number of sulfone groups is 1. The SMILES string of the molecule is CC(C)S(=O)(=O)CCn1cc(C(=O)O)c(C(F)(F)F)c1. The molecule has 0 aliphatic carbocycles. The monoisotopic (exact) mass is 313 g/mol. The third-order valence-corrected chi connectivity index (χ3v) is 4.96. The molecule has 0 aliphatic heterocycles. The number of carboxylic acid groups (broad SMARTS) is 1. The van der Waals surface area contributed by atoms with Gasteiger partial charge in [0.15, 0.2) is 9.84 Å². The van der Waals surface area contributed by atoms with E-state index in [1.165, 1.54) is 13.8 Å². The van der Waals surface area contributed by atoms with Crippen LogP contribution in [0.4, 0.5) is 13.2 Å². The number of alkyl halides is 3. The molecule has 0 saturated heterocycles. The van der Waals surface area contributed by atoms with Crippen LogP contribution in [0.15, 0.2) is 12.4 Å². The van der Waals surface area contributed by atoms with Gasteiger partial charge in [0.05, 0.1) is 22.1 Å². The average Bonchev–Trinajstić information content (AvgIpc) is 2.70. The van der Waals surface area contributed by atoms with Crippen molar-refractivity contribution in [3.8, 4) is 0 Å². The molecule has 114 valence electrons. The van der Waals surface area contributed by atoms with Gasteiger partial charge in [-0.15, -0.1) is 0 Å². The van der Waals surface area contributed by atoms with Crippen LogP contribution in [0.3, 0.4) is 0 Å². The molecule has 0 unspecified atom stereocenters. The number of rotatable bonds is 5. The molecule has 0 radical (unpaired) electrons. The minimum Gasteiger partial charge on any atom is -0.478 e. The summed E-state index contributed by atoms with van der Waals surface area (Å²) in [4.78, 5) is 10.8. The van der Waals surface area contributed by atoms with Gasteiger partial charge in [-0.2, -0.15) is 13.2 Å². The van der Waals surface area contributed by atoms with Gasteiger partial charge in [0, 0.05) is 18.9 Å². The zero-order chi connectivity index (χ0) is 15.7. The lowest BCUT2D eigenvalue weighted by molar-refractivity contribution is -0.138. The highest BCUT2D eigenvalue weighted by atomic mass is 32.2. The number of carboxylic acids is 1. The van der Waals surface area contributed by atoms with E-state index in [0.29, 0.717) is 6.20 Å². The fraction of sp³-hybridized carbons (Fsp3) is 0.545. The Morgan fingerprint density at radius 1 is 1.35 bits per heavy atom. The third-order valence-electron chi connectivity index (χ3n) is 2.77. The number of aromatic nitrogens is 1. The highest BCUT2D eigenvalue weighted by Gasteiger charge is 2.37. The molecule has 0 saturated carbocycles. The Morgan fingerprint density at radius 2 is 1.90 bits per heavy atom. The molecule has 0 amide bonds. The third kappa shape index (κ3) is 3.75. The van der Waals surface area contributed by atoms with Gasteiger partial charge in [-0.25, -0.2) is 13.2 Å². The second kappa shape index (κ2) is 5.47. The first-order chi connectivity index (χ1) is 8.95. The van der Waals surface area contributed by atoms with E-state index in [1.54, 1.807) is 0 Å². The summed E-state index contributed by atoms with van der Waals surface area (Å²) in [5.74, 6) is -2.06. The second-order valence-electron chi connectivity index (χ2n) is 4.54. The molecular weight excluding hydrogens is 299 g/mol. The van der Waals surface area contributed by atoms with E-state index in [2.05, 4.69) is 0 Å². The highest BCUT2D eigenvalue weighted by molar-refractivity contribution is 7.91. The Hall–Kier alpha value is -1.51. The maximum absolute atomic E-state index is 12.6. The van der Waals surface area contributed by atoms with E-state index < -0.39 is 38.4 Å². The van der Waals surface area contributed by atoms with E-state index in [9.17, 15) is 26.4 Å². The summed E-state index contributed by atoms with van der Waals surface area (Å²) in [6, 6.07) is 0. The van der Waals surface area contributed by atoms with Crippen LogP contribution in [0.25, 0.3) is 0 Å². The van der Waals surface area contributed by atoms with Crippen molar-refractivity contribution in [1.82, 2.24) is 4.57 Å². The molecule has 0 fully saturated rings. The molecule has 0 aliphatic rings. The van der Waals surface area contributed by atoms with Gasteiger partial charge in [0.1, 0.15) is 0 Å². The van der Waals surface area contributed by atoms with E-state index >= 15 is 0 Å². The van der Waals surface area contributed by atoms with Crippen molar-refractivity contribution in [2.24, 2.45) is 0 Å². The first kappa shape index (κ1) is 16.5. The van der Waals surface area contributed by atoms with Gasteiger partial charge in [-0.1, -0.05) is 0 Å². The van der Waals surface area contributed by atoms with Crippen molar-refractivity contribution in [3.63, 3.8) is 0 Å². The van der Waals surface area contributed by atoms with Crippen LogP contribution in [0.2, 0.25) is 0 Å². The van der Waals surface area contributed by atoms with Gasteiger partial charge in [0.2, 0.25) is 0 Å². The molecule has 0 bridgehead atoms. The van der Waals surface area contributed by atoms with Crippen LogP contribution in [0.5, 0.6) is 0 Å². The van der Waals surface area contributed by atoms with Crippen molar-refractivity contribution < 1.29 is 31.5 Å². The summed E-state index contributed by atoms with van der Waals surface area (Å²) in [6.45, 7) is 2.71. The normalized spacial score (nSPS) is 12.9. The molecular formula is C11H14F3NO4S. The molecule has 9 heteroatoms. The summed E-state index contributed by atoms with van der Waals surface area (Å²) in [5.41, 5.74) is -2.17. The standard InChI is InChI=1S/C11H14F3NO4S/c1-7(2)20(18,19)4-3-15-5-8(10(16)17)9(6-15)11(12,13)14/h5-7H,3-4H2,1-2H3,(H,16,17). The van der Waals surface area contributed by atoms with Crippen LogP contribution in [-0.2, 0) is 22.6 Å². The van der Waals surface area contributed by atoms with Crippen LogP contribution >= 0.6 is 0 Å². The second-order valence-corrected chi connectivity index (χ2v) is 7.22. The minimum absolute atomic E-state index is 0.225. The van der Waals surface area contributed by atoms with Crippen molar-refractivity contribution in [1.29, 1.82) is 0 Å².